The number of hydrogen-bond donors (Lipinski definition) is 1. The number of halogens is 1. The molecule has 9 nitrogen and oxygen atoms in total. The molecule has 4 aromatic heterocycles. The van der Waals surface area contributed by atoms with Gasteiger partial charge in [-0.25, -0.2) is 18.9 Å². The summed E-state index contributed by atoms with van der Waals surface area (Å²) in [4.78, 5) is 30.4. The van der Waals surface area contributed by atoms with Crippen molar-refractivity contribution in [1.29, 1.82) is 0 Å². The van der Waals surface area contributed by atoms with Crippen molar-refractivity contribution in [3.8, 4) is 11.3 Å². The van der Waals surface area contributed by atoms with Gasteiger partial charge in [-0.15, -0.1) is 0 Å². The second-order valence-corrected chi connectivity index (χ2v) is 10.6. The minimum atomic E-state index is -0.301. The van der Waals surface area contributed by atoms with Crippen LogP contribution < -0.4 is 4.90 Å². The zero-order valence-electron chi connectivity index (χ0n) is 22.6. The number of amides is 1. The minimum Gasteiger partial charge on any atom is -0.353 e. The molecule has 1 fully saturated rings. The van der Waals surface area contributed by atoms with Gasteiger partial charge in [0.15, 0.2) is 17.3 Å². The summed E-state index contributed by atoms with van der Waals surface area (Å²) in [6.45, 7) is 12.7. The summed E-state index contributed by atoms with van der Waals surface area (Å²) >= 11 is 0. The molecule has 5 rings (SSSR count). The number of nitrogens with one attached hydrogen (secondary N) is 1. The average molecular weight is 507 g/mol. The van der Waals surface area contributed by atoms with Crippen LogP contribution in [0.2, 0.25) is 0 Å². The molecule has 196 valence electrons. The number of aryl methyl sites for hydroxylation is 1. The zero-order chi connectivity index (χ0) is 26.6. The van der Waals surface area contributed by atoms with Crippen molar-refractivity contribution < 1.29 is 9.18 Å². The molecule has 1 aliphatic heterocycles. The number of hydrogen-bond acceptors (Lipinski definition) is 6. The molecule has 1 saturated heterocycles. The summed E-state index contributed by atoms with van der Waals surface area (Å²) in [5, 5.41) is 4.93. The van der Waals surface area contributed by atoms with E-state index in [-0.39, 0.29) is 23.7 Å². The van der Waals surface area contributed by atoms with Crippen LogP contribution >= 0.6 is 0 Å². The largest absolute Gasteiger partial charge is 0.353 e. The molecule has 1 aliphatic rings. The average Bonchev–Trinajstić information content (AvgIpc) is 3.47. The van der Waals surface area contributed by atoms with Gasteiger partial charge in [-0.05, 0) is 43.4 Å². The van der Waals surface area contributed by atoms with Crippen LogP contribution in [0.4, 0.5) is 10.2 Å². The van der Waals surface area contributed by atoms with E-state index < -0.39 is 0 Å². The van der Waals surface area contributed by atoms with Crippen molar-refractivity contribution in [2.24, 2.45) is 0 Å². The smallest absolute Gasteiger partial charge is 0.236 e. The van der Waals surface area contributed by atoms with Gasteiger partial charge in [-0.2, -0.15) is 5.10 Å². The van der Waals surface area contributed by atoms with Gasteiger partial charge in [0.05, 0.1) is 24.0 Å². The highest BCUT2D eigenvalue weighted by Gasteiger charge is 2.30. The number of rotatable bonds is 5. The highest BCUT2D eigenvalue weighted by Crippen LogP contribution is 2.40. The third-order valence-corrected chi connectivity index (χ3v) is 7.61. The van der Waals surface area contributed by atoms with E-state index in [1.807, 2.05) is 18.0 Å². The predicted molar refractivity (Wildman–Crippen MR) is 144 cm³/mol. The first-order chi connectivity index (χ1) is 17.6. The van der Waals surface area contributed by atoms with E-state index in [1.165, 1.54) is 0 Å². The molecule has 0 saturated carbocycles. The first-order valence-electron chi connectivity index (χ1n) is 12.8. The number of pyridine rings is 2. The normalized spacial score (nSPS) is 16.9. The number of likely N-dealkylation sites (N-methyl/N-ethyl adjacent to an activating group) is 1. The Kier molecular flexibility index (Phi) is 6.39. The summed E-state index contributed by atoms with van der Waals surface area (Å²) < 4.78 is 18.1. The minimum absolute atomic E-state index is 0.0173. The second kappa shape index (κ2) is 9.41. The van der Waals surface area contributed by atoms with Gasteiger partial charge < -0.3 is 14.8 Å². The van der Waals surface area contributed by atoms with Gasteiger partial charge >= 0.3 is 0 Å². The van der Waals surface area contributed by atoms with Crippen molar-refractivity contribution in [3.05, 3.63) is 41.2 Å². The Morgan fingerprint density at radius 3 is 2.65 bits per heavy atom. The summed E-state index contributed by atoms with van der Waals surface area (Å²) in [5.74, 6) is 0.212. The van der Waals surface area contributed by atoms with Crippen molar-refractivity contribution >= 4 is 28.3 Å². The van der Waals surface area contributed by atoms with Crippen LogP contribution in [-0.4, -0.2) is 86.6 Å². The van der Waals surface area contributed by atoms with Crippen molar-refractivity contribution in [2.45, 2.75) is 46.6 Å². The van der Waals surface area contributed by atoms with Crippen molar-refractivity contribution in [3.63, 3.8) is 0 Å². The highest BCUT2D eigenvalue weighted by atomic mass is 19.1. The summed E-state index contributed by atoms with van der Waals surface area (Å²) in [6, 6.07) is 0.0173. The number of anilines is 1. The van der Waals surface area contributed by atoms with Crippen LogP contribution in [0.5, 0.6) is 0 Å². The molecule has 0 spiro atoms. The lowest BCUT2D eigenvalue weighted by molar-refractivity contribution is -0.130. The Hall–Kier alpha value is -3.53. The predicted octanol–water partition coefficient (Wildman–Crippen LogP) is 3.75. The molecular weight excluding hydrogens is 471 g/mol. The maximum Gasteiger partial charge on any atom is 0.236 e. The quantitative estimate of drug-likeness (QED) is 0.444. The molecule has 1 N–H and O–H groups in total. The van der Waals surface area contributed by atoms with E-state index in [1.54, 1.807) is 36.0 Å². The van der Waals surface area contributed by atoms with Crippen LogP contribution in [0.1, 0.15) is 43.4 Å². The number of fused-ring (bicyclic) bond motifs is 2. The van der Waals surface area contributed by atoms with E-state index >= 15 is 4.39 Å². The molecule has 1 amide bonds. The molecule has 0 bridgehead atoms. The molecule has 1 atom stereocenters. The highest BCUT2D eigenvalue weighted by molar-refractivity contribution is 5.94. The SMILES string of the molecule is Cc1c(-c2[nH]c3cnc(N4CCN(CC(=O)N(C)C)C[C@H]4C)c(F)c3c2C(C)C)cn2ncnc2c1C. The van der Waals surface area contributed by atoms with Crippen LogP contribution in [0.3, 0.4) is 0 Å². The number of carbonyl (C=O) groups excluding carboxylic acids is 1. The standard InChI is InChI=1S/C27H35FN8O/c1-15(2)22-23-20(32-25(22)19-12-36-26(30-14-31-36)18(5)17(19)4)10-29-27(24(23)28)35-9-8-34(11-16(35)3)13-21(37)33(6)7/h10,12,14-16,32H,8-9,11,13H2,1-7H3/t16-/m1/s1. The zero-order valence-corrected chi connectivity index (χ0v) is 22.6. The van der Waals surface area contributed by atoms with Gasteiger partial charge in [-0.1, -0.05) is 13.8 Å². The maximum absolute atomic E-state index is 16.3. The maximum atomic E-state index is 16.3. The molecule has 0 radical (unpaired) electrons. The van der Waals surface area contributed by atoms with Crippen molar-refractivity contribution in [2.75, 3.05) is 45.2 Å². The van der Waals surface area contributed by atoms with Gasteiger partial charge in [0.25, 0.3) is 0 Å². The number of nitrogens with zero attached hydrogens (tertiary/aromatic N) is 7. The first-order valence-corrected chi connectivity index (χ1v) is 12.8. The summed E-state index contributed by atoms with van der Waals surface area (Å²) in [5.41, 5.74) is 6.42. The van der Waals surface area contributed by atoms with Gasteiger partial charge in [0.2, 0.25) is 5.91 Å². The molecule has 0 aliphatic carbocycles. The first kappa shape index (κ1) is 25.1. The van der Waals surface area contributed by atoms with E-state index in [0.717, 1.165) is 33.6 Å². The number of aromatic amines is 1. The number of H-pyrrole nitrogens is 1. The van der Waals surface area contributed by atoms with Gasteiger partial charge in [-0.3, -0.25) is 9.69 Å². The van der Waals surface area contributed by atoms with E-state index in [9.17, 15) is 4.79 Å². The van der Waals surface area contributed by atoms with E-state index in [2.05, 4.69) is 52.6 Å². The fourth-order valence-corrected chi connectivity index (χ4v) is 5.43. The molecule has 4 aromatic rings. The Morgan fingerprint density at radius 1 is 1.22 bits per heavy atom. The Balaban J connectivity index is 1.56. The lowest BCUT2D eigenvalue weighted by atomic mass is 9.94. The fourth-order valence-electron chi connectivity index (χ4n) is 5.43. The van der Waals surface area contributed by atoms with Crippen molar-refractivity contribution in [1.82, 2.24) is 34.4 Å². The van der Waals surface area contributed by atoms with E-state index in [4.69, 9.17) is 0 Å². The molecule has 5 heterocycles. The van der Waals surface area contributed by atoms with Crippen LogP contribution in [0.15, 0.2) is 18.7 Å². The third kappa shape index (κ3) is 4.22. The third-order valence-electron chi connectivity index (χ3n) is 7.61. The molecule has 10 heteroatoms. The van der Waals surface area contributed by atoms with Crippen LogP contribution in [0, 0.1) is 19.7 Å². The number of piperazine rings is 1. The summed E-state index contributed by atoms with van der Waals surface area (Å²) in [7, 11) is 3.53. The molecule has 0 unspecified atom stereocenters. The lowest BCUT2D eigenvalue weighted by Crippen LogP contribution is -2.54. The van der Waals surface area contributed by atoms with Crippen LogP contribution in [-0.2, 0) is 4.79 Å². The second-order valence-electron chi connectivity index (χ2n) is 10.6. The van der Waals surface area contributed by atoms with Gasteiger partial charge in [0.1, 0.15) is 6.33 Å². The van der Waals surface area contributed by atoms with Gasteiger partial charge in [0, 0.05) is 56.9 Å². The molecule has 37 heavy (non-hydrogen) atoms. The summed E-state index contributed by atoms with van der Waals surface area (Å²) in [6.07, 6.45) is 5.26. The topological polar surface area (TPSA) is 85.7 Å². The molecular formula is C27H35FN8O. The number of aromatic nitrogens is 5. The fraction of sp³-hybridized carbons (Fsp3) is 0.481. The number of carbonyl (C=O) groups is 1. The molecule has 0 aromatic carbocycles. The van der Waals surface area contributed by atoms with E-state index in [0.29, 0.717) is 42.9 Å². The Morgan fingerprint density at radius 2 is 1.97 bits per heavy atom. The monoisotopic (exact) mass is 506 g/mol. The van der Waals surface area contributed by atoms with Crippen LogP contribution in [0.25, 0.3) is 27.8 Å². The lowest BCUT2D eigenvalue weighted by Gasteiger charge is -2.40. The Labute approximate surface area is 216 Å². The Bertz CT molecular complexity index is 1490.